The van der Waals surface area contributed by atoms with Crippen molar-refractivity contribution in [3.05, 3.63) is 47.5 Å². The molecule has 0 bridgehead atoms. The Labute approximate surface area is 168 Å². The highest BCUT2D eigenvalue weighted by atomic mass is 35.5. The van der Waals surface area contributed by atoms with Crippen molar-refractivity contribution in [2.24, 2.45) is 0 Å². The zero-order chi connectivity index (χ0) is 20.7. The molecule has 2 atom stereocenters. The Bertz CT molecular complexity index is 841. The van der Waals surface area contributed by atoms with E-state index in [0.29, 0.717) is 28.0 Å². The van der Waals surface area contributed by atoms with Gasteiger partial charge in [-0.3, -0.25) is 4.79 Å². The SMILES string of the molecule is COc1ccc(OC)c(NC(=O)C(C)OC(=O)C(C)Oc2cccc(Cl)c2)c1. The lowest BCUT2D eigenvalue weighted by atomic mass is 10.2. The van der Waals surface area contributed by atoms with E-state index in [1.165, 1.54) is 28.1 Å². The van der Waals surface area contributed by atoms with E-state index in [1.807, 2.05) is 0 Å². The average Bonchev–Trinajstić information content (AvgIpc) is 2.67. The fourth-order valence-corrected chi connectivity index (χ4v) is 2.44. The molecule has 1 N–H and O–H groups in total. The van der Waals surface area contributed by atoms with Crippen LogP contribution in [0.4, 0.5) is 5.69 Å². The van der Waals surface area contributed by atoms with Crippen molar-refractivity contribution >= 4 is 29.2 Å². The first-order chi connectivity index (χ1) is 13.3. The third kappa shape index (κ3) is 5.79. The summed E-state index contributed by atoms with van der Waals surface area (Å²) >= 11 is 5.89. The zero-order valence-electron chi connectivity index (χ0n) is 16.0. The molecule has 28 heavy (non-hydrogen) atoms. The summed E-state index contributed by atoms with van der Waals surface area (Å²) in [5.41, 5.74) is 0.401. The smallest absolute Gasteiger partial charge is 0.347 e. The maximum atomic E-state index is 12.4. The molecular weight excluding hydrogens is 386 g/mol. The molecule has 7 nitrogen and oxygen atoms in total. The van der Waals surface area contributed by atoms with Gasteiger partial charge in [0.15, 0.2) is 12.2 Å². The number of hydrogen-bond donors (Lipinski definition) is 1. The second kappa shape index (κ2) is 9.85. The zero-order valence-corrected chi connectivity index (χ0v) is 16.8. The van der Waals surface area contributed by atoms with Crippen LogP contribution in [0.1, 0.15) is 13.8 Å². The number of benzene rings is 2. The summed E-state index contributed by atoms with van der Waals surface area (Å²) in [4.78, 5) is 24.6. The molecule has 0 aliphatic carbocycles. The molecule has 2 aromatic rings. The maximum Gasteiger partial charge on any atom is 0.347 e. The summed E-state index contributed by atoms with van der Waals surface area (Å²) in [5.74, 6) is 0.222. The van der Waals surface area contributed by atoms with Gasteiger partial charge in [0, 0.05) is 11.1 Å². The van der Waals surface area contributed by atoms with Crippen molar-refractivity contribution < 1.29 is 28.5 Å². The minimum Gasteiger partial charge on any atom is -0.497 e. The first-order valence-corrected chi connectivity index (χ1v) is 8.87. The predicted octanol–water partition coefficient (Wildman–Crippen LogP) is 3.69. The molecule has 0 heterocycles. The van der Waals surface area contributed by atoms with Crippen LogP contribution in [0.15, 0.2) is 42.5 Å². The Morgan fingerprint density at radius 1 is 0.964 bits per heavy atom. The quantitative estimate of drug-likeness (QED) is 0.672. The number of halogens is 1. The van der Waals surface area contributed by atoms with Crippen molar-refractivity contribution in [2.75, 3.05) is 19.5 Å². The monoisotopic (exact) mass is 407 g/mol. The molecule has 2 aromatic carbocycles. The van der Waals surface area contributed by atoms with Gasteiger partial charge in [-0.2, -0.15) is 0 Å². The van der Waals surface area contributed by atoms with Crippen LogP contribution in [0, 0.1) is 0 Å². The second-order valence-electron chi connectivity index (χ2n) is 5.85. The molecule has 0 saturated carbocycles. The highest BCUT2D eigenvalue weighted by Gasteiger charge is 2.24. The van der Waals surface area contributed by atoms with Crippen LogP contribution in [0.2, 0.25) is 5.02 Å². The van der Waals surface area contributed by atoms with Crippen molar-refractivity contribution in [3.63, 3.8) is 0 Å². The minimum atomic E-state index is -1.05. The second-order valence-corrected chi connectivity index (χ2v) is 6.29. The van der Waals surface area contributed by atoms with Crippen LogP contribution < -0.4 is 19.5 Å². The first-order valence-electron chi connectivity index (χ1n) is 8.49. The number of anilines is 1. The summed E-state index contributed by atoms with van der Waals surface area (Å²) in [5, 5.41) is 3.14. The predicted molar refractivity (Wildman–Crippen MR) is 105 cm³/mol. The molecule has 8 heteroatoms. The van der Waals surface area contributed by atoms with E-state index in [-0.39, 0.29) is 0 Å². The van der Waals surface area contributed by atoms with Crippen LogP contribution in [0.25, 0.3) is 0 Å². The molecule has 0 radical (unpaired) electrons. The fraction of sp³-hybridized carbons (Fsp3) is 0.300. The molecule has 2 rings (SSSR count). The molecule has 0 fully saturated rings. The summed E-state index contributed by atoms with van der Waals surface area (Å²) < 4.78 is 21.0. The Morgan fingerprint density at radius 2 is 1.71 bits per heavy atom. The van der Waals surface area contributed by atoms with Crippen molar-refractivity contribution in [1.82, 2.24) is 0 Å². The lowest BCUT2D eigenvalue weighted by Gasteiger charge is -2.18. The Kier molecular flexibility index (Phi) is 7.52. The van der Waals surface area contributed by atoms with E-state index >= 15 is 0 Å². The van der Waals surface area contributed by atoms with E-state index in [1.54, 1.807) is 42.5 Å². The van der Waals surface area contributed by atoms with Crippen LogP contribution in [-0.2, 0) is 14.3 Å². The number of methoxy groups -OCH3 is 2. The van der Waals surface area contributed by atoms with Gasteiger partial charge in [-0.05, 0) is 44.2 Å². The van der Waals surface area contributed by atoms with Crippen LogP contribution in [-0.4, -0.2) is 38.3 Å². The summed E-state index contributed by atoms with van der Waals surface area (Å²) in [6.07, 6.45) is -1.96. The van der Waals surface area contributed by atoms with E-state index in [9.17, 15) is 9.59 Å². The van der Waals surface area contributed by atoms with E-state index in [4.69, 9.17) is 30.5 Å². The fourth-order valence-electron chi connectivity index (χ4n) is 2.26. The molecular formula is C20H22ClNO6. The van der Waals surface area contributed by atoms with Gasteiger partial charge < -0.3 is 24.3 Å². The molecule has 2 unspecified atom stereocenters. The Hall–Kier alpha value is -2.93. The summed E-state index contributed by atoms with van der Waals surface area (Å²) in [6.45, 7) is 2.99. The molecule has 1 amide bonds. The summed E-state index contributed by atoms with van der Waals surface area (Å²) in [6, 6.07) is 11.6. The van der Waals surface area contributed by atoms with E-state index < -0.39 is 24.1 Å². The standard InChI is InChI=1S/C20H22ClNO6/c1-12(19(23)22-17-11-15(25-3)8-9-18(17)26-4)28-20(24)13(2)27-16-7-5-6-14(21)10-16/h5-13H,1-4H3,(H,22,23). The molecule has 0 aliphatic heterocycles. The average molecular weight is 408 g/mol. The van der Waals surface area contributed by atoms with Crippen molar-refractivity contribution in [3.8, 4) is 17.2 Å². The number of esters is 1. The van der Waals surface area contributed by atoms with Gasteiger partial charge in [-0.15, -0.1) is 0 Å². The van der Waals surface area contributed by atoms with Crippen molar-refractivity contribution in [2.45, 2.75) is 26.1 Å². The van der Waals surface area contributed by atoms with Crippen LogP contribution in [0.3, 0.4) is 0 Å². The van der Waals surface area contributed by atoms with E-state index in [0.717, 1.165) is 0 Å². The maximum absolute atomic E-state index is 12.4. The van der Waals surface area contributed by atoms with E-state index in [2.05, 4.69) is 5.32 Å². The number of carbonyl (C=O) groups excluding carboxylic acids is 2. The molecule has 0 spiro atoms. The lowest BCUT2D eigenvalue weighted by molar-refractivity contribution is -0.159. The number of amides is 1. The highest BCUT2D eigenvalue weighted by Crippen LogP contribution is 2.29. The van der Waals surface area contributed by atoms with Gasteiger partial charge in [0.2, 0.25) is 0 Å². The third-order valence-electron chi connectivity index (χ3n) is 3.77. The van der Waals surface area contributed by atoms with Gasteiger partial charge in [-0.1, -0.05) is 17.7 Å². The minimum absolute atomic E-state index is 0.401. The topological polar surface area (TPSA) is 83.1 Å². The van der Waals surface area contributed by atoms with Gasteiger partial charge >= 0.3 is 5.97 Å². The molecule has 0 aliphatic rings. The molecule has 150 valence electrons. The van der Waals surface area contributed by atoms with Gasteiger partial charge in [0.1, 0.15) is 17.2 Å². The lowest BCUT2D eigenvalue weighted by Crippen LogP contribution is -2.35. The van der Waals surface area contributed by atoms with Gasteiger partial charge in [0.05, 0.1) is 19.9 Å². The first kappa shape index (κ1) is 21.4. The Morgan fingerprint density at radius 3 is 2.36 bits per heavy atom. The van der Waals surface area contributed by atoms with Gasteiger partial charge in [-0.25, -0.2) is 4.79 Å². The van der Waals surface area contributed by atoms with Crippen LogP contribution in [0.5, 0.6) is 17.2 Å². The third-order valence-corrected chi connectivity index (χ3v) is 4.00. The number of carbonyl (C=O) groups is 2. The Balaban J connectivity index is 1.97. The number of ether oxygens (including phenoxy) is 4. The summed E-state index contributed by atoms with van der Waals surface area (Å²) in [7, 11) is 2.99. The largest absolute Gasteiger partial charge is 0.497 e. The normalized spacial score (nSPS) is 12.5. The van der Waals surface area contributed by atoms with Crippen LogP contribution >= 0.6 is 11.6 Å². The number of nitrogens with one attached hydrogen (secondary N) is 1. The number of hydrogen-bond acceptors (Lipinski definition) is 6. The van der Waals surface area contributed by atoms with Crippen molar-refractivity contribution in [1.29, 1.82) is 0 Å². The molecule has 0 saturated heterocycles. The number of rotatable bonds is 8. The molecule has 0 aromatic heterocycles. The highest BCUT2D eigenvalue weighted by molar-refractivity contribution is 6.30. The van der Waals surface area contributed by atoms with Gasteiger partial charge in [0.25, 0.3) is 5.91 Å².